The zero-order chi connectivity index (χ0) is 16.9. The Labute approximate surface area is 146 Å². The van der Waals surface area contributed by atoms with Crippen molar-refractivity contribution in [3.8, 4) is 0 Å². The molecule has 2 aromatic heterocycles. The number of nitro benzene ring substituents is 1. The number of pyridine rings is 2. The highest BCUT2D eigenvalue weighted by atomic mass is 79.9. The molecule has 0 spiro atoms. The molecule has 0 amide bonds. The highest BCUT2D eigenvalue weighted by Crippen LogP contribution is 2.18. The van der Waals surface area contributed by atoms with Crippen LogP contribution in [0, 0.1) is 10.1 Å². The van der Waals surface area contributed by atoms with E-state index < -0.39 is 4.92 Å². The van der Waals surface area contributed by atoms with E-state index in [1.54, 1.807) is 24.4 Å². The Morgan fingerprint density at radius 2 is 1.58 bits per heavy atom. The van der Waals surface area contributed by atoms with Gasteiger partial charge < -0.3 is 0 Å². The van der Waals surface area contributed by atoms with E-state index in [4.69, 9.17) is 0 Å². The standard InChI is InChI=1S/C9H6BrN.C9H6N2O2/c10-8-5-7-3-1-2-4-9(7)11-6-8;12-11(13)8-3-4-9-7(6-8)2-1-5-10-9/h1-6H;1-6H. The zero-order valence-corrected chi connectivity index (χ0v) is 14.1. The number of non-ortho nitro benzene ring substituents is 1. The molecule has 0 atom stereocenters. The second-order valence-corrected chi connectivity index (χ2v) is 5.90. The molecule has 2 heterocycles. The van der Waals surface area contributed by atoms with E-state index in [1.165, 1.54) is 17.5 Å². The van der Waals surface area contributed by atoms with Crippen molar-refractivity contribution in [3.63, 3.8) is 0 Å². The smallest absolute Gasteiger partial charge is 0.258 e. The lowest BCUT2D eigenvalue weighted by atomic mass is 10.2. The number of hydrogen-bond acceptors (Lipinski definition) is 4. The molecule has 0 aliphatic heterocycles. The lowest BCUT2D eigenvalue weighted by Gasteiger charge is -1.95. The first-order chi connectivity index (χ1) is 11.6. The van der Waals surface area contributed by atoms with Crippen LogP contribution in [0.4, 0.5) is 5.69 Å². The van der Waals surface area contributed by atoms with Crippen LogP contribution in [0.15, 0.2) is 77.5 Å². The van der Waals surface area contributed by atoms with E-state index in [0.29, 0.717) is 0 Å². The molecule has 0 saturated carbocycles. The van der Waals surface area contributed by atoms with Crippen LogP contribution < -0.4 is 0 Å². The number of halogens is 1. The van der Waals surface area contributed by atoms with E-state index in [1.807, 2.05) is 30.5 Å². The molecule has 4 rings (SSSR count). The van der Waals surface area contributed by atoms with Gasteiger partial charge in [-0.2, -0.15) is 0 Å². The van der Waals surface area contributed by atoms with E-state index >= 15 is 0 Å². The van der Waals surface area contributed by atoms with Gasteiger partial charge in [-0.25, -0.2) is 0 Å². The normalized spacial score (nSPS) is 10.2. The number of nitrogens with zero attached hydrogens (tertiary/aromatic N) is 3. The van der Waals surface area contributed by atoms with Gasteiger partial charge in [0.25, 0.3) is 5.69 Å². The molecule has 4 aromatic rings. The molecule has 0 bridgehead atoms. The number of benzene rings is 2. The third kappa shape index (κ3) is 3.72. The Balaban J connectivity index is 0.000000143. The predicted octanol–water partition coefficient (Wildman–Crippen LogP) is 5.14. The van der Waals surface area contributed by atoms with Gasteiger partial charge in [-0.05, 0) is 40.2 Å². The summed E-state index contributed by atoms with van der Waals surface area (Å²) in [5.41, 5.74) is 1.91. The SMILES string of the molecule is Brc1cnc2ccccc2c1.O=[N+]([O-])c1ccc2ncccc2c1. The molecule has 0 radical (unpaired) electrons. The minimum absolute atomic E-state index is 0.0977. The van der Waals surface area contributed by atoms with Gasteiger partial charge in [0.15, 0.2) is 0 Å². The van der Waals surface area contributed by atoms with Crippen LogP contribution in [0.1, 0.15) is 0 Å². The van der Waals surface area contributed by atoms with Gasteiger partial charge in [-0.1, -0.05) is 24.3 Å². The molecule has 0 N–H and O–H groups in total. The van der Waals surface area contributed by atoms with Crippen molar-refractivity contribution in [1.82, 2.24) is 9.97 Å². The van der Waals surface area contributed by atoms with Gasteiger partial charge in [0.1, 0.15) is 0 Å². The molecule has 0 unspecified atom stereocenters. The molecular weight excluding hydrogens is 370 g/mol. The van der Waals surface area contributed by atoms with Crippen molar-refractivity contribution in [2.75, 3.05) is 0 Å². The van der Waals surface area contributed by atoms with Crippen molar-refractivity contribution < 1.29 is 4.92 Å². The Morgan fingerprint density at radius 1 is 0.875 bits per heavy atom. The van der Waals surface area contributed by atoms with Crippen molar-refractivity contribution in [2.45, 2.75) is 0 Å². The van der Waals surface area contributed by atoms with Crippen LogP contribution in [0.25, 0.3) is 21.8 Å². The molecular formula is C18H12BrN3O2. The van der Waals surface area contributed by atoms with Crippen molar-refractivity contribution in [1.29, 1.82) is 0 Å². The summed E-state index contributed by atoms with van der Waals surface area (Å²) < 4.78 is 1.02. The second kappa shape index (κ2) is 7.14. The van der Waals surface area contributed by atoms with Crippen LogP contribution in [0.3, 0.4) is 0 Å². The van der Waals surface area contributed by atoms with Crippen LogP contribution in [0.2, 0.25) is 0 Å². The summed E-state index contributed by atoms with van der Waals surface area (Å²) in [7, 11) is 0. The molecule has 2 aromatic carbocycles. The lowest BCUT2D eigenvalue weighted by molar-refractivity contribution is -0.384. The summed E-state index contributed by atoms with van der Waals surface area (Å²) in [5.74, 6) is 0. The maximum Gasteiger partial charge on any atom is 0.270 e. The minimum atomic E-state index is -0.410. The largest absolute Gasteiger partial charge is 0.270 e. The Morgan fingerprint density at radius 3 is 2.42 bits per heavy atom. The summed E-state index contributed by atoms with van der Waals surface area (Å²) in [5, 5.41) is 12.4. The fourth-order valence-corrected chi connectivity index (χ4v) is 2.57. The molecule has 5 nitrogen and oxygen atoms in total. The van der Waals surface area contributed by atoms with Gasteiger partial charge >= 0.3 is 0 Å². The maximum atomic E-state index is 10.4. The topological polar surface area (TPSA) is 68.9 Å². The molecule has 0 saturated heterocycles. The summed E-state index contributed by atoms with van der Waals surface area (Å²) in [4.78, 5) is 18.3. The van der Waals surface area contributed by atoms with E-state index in [9.17, 15) is 10.1 Å². The van der Waals surface area contributed by atoms with Crippen molar-refractivity contribution in [2.24, 2.45) is 0 Å². The third-order valence-electron chi connectivity index (χ3n) is 3.35. The molecule has 24 heavy (non-hydrogen) atoms. The highest BCUT2D eigenvalue weighted by molar-refractivity contribution is 9.10. The molecule has 0 aliphatic rings. The number of aromatic nitrogens is 2. The number of fused-ring (bicyclic) bond motifs is 2. The Hall–Kier alpha value is -2.86. The van der Waals surface area contributed by atoms with Crippen LogP contribution >= 0.6 is 15.9 Å². The van der Waals surface area contributed by atoms with Gasteiger partial charge in [0, 0.05) is 39.8 Å². The van der Waals surface area contributed by atoms with E-state index in [0.717, 1.165) is 20.9 Å². The van der Waals surface area contributed by atoms with Crippen molar-refractivity contribution in [3.05, 3.63) is 87.6 Å². The monoisotopic (exact) mass is 381 g/mol. The minimum Gasteiger partial charge on any atom is -0.258 e. The van der Waals surface area contributed by atoms with Crippen LogP contribution in [0.5, 0.6) is 0 Å². The van der Waals surface area contributed by atoms with Gasteiger partial charge in [0.2, 0.25) is 0 Å². The quantitative estimate of drug-likeness (QED) is 0.338. The first-order valence-electron chi connectivity index (χ1n) is 7.13. The number of rotatable bonds is 1. The van der Waals surface area contributed by atoms with Crippen LogP contribution in [-0.4, -0.2) is 14.9 Å². The predicted molar refractivity (Wildman–Crippen MR) is 97.8 cm³/mol. The Bertz CT molecular complexity index is 1020. The second-order valence-electron chi connectivity index (χ2n) is 4.98. The highest BCUT2D eigenvalue weighted by Gasteiger charge is 2.05. The average molecular weight is 382 g/mol. The van der Waals surface area contributed by atoms with Crippen LogP contribution in [-0.2, 0) is 0 Å². The summed E-state index contributed by atoms with van der Waals surface area (Å²) in [6.07, 6.45) is 3.47. The number of hydrogen-bond donors (Lipinski definition) is 0. The molecule has 0 aliphatic carbocycles. The zero-order valence-electron chi connectivity index (χ0n) is 12.5. The molecule has 118 valence electrons. The first kappa shape index (κ1) is 16.0. The third-order valence-corrected chi connectivity index (χ3v) is 3.79. The fourth-order valence-electron chi connectivity index (χ4n) is 2.22. The Kier molecular flexibility index (Phi) is 4.77. The van der Waals surface area contributed by atoms with Gasteiger partial charge in [-0.15, -0.1) is 0 Å². The maximum absolute atomic E-state index is 10.4. The molecule has 0 fully saturated rings. The van der Waals surface area contributed by atoms with Gasteiger partial charge in [-0.3, -0.25) is 20.1 Å². The van der Waals surface area contributed by atoms with Gasteiger partial charge in [0.05, 0.1) is 16.0 Å². The van der Waals surface area contributed by atoms with Crippen molar-refractivity contribution >= 4 is 43.4 Å². The van der Waals surface area contributed by atoms with E-state index in [-0.39, 0.29) is 5.69 Å². The van der Waals surface area contributed by atoms with E-state index in [2.05, 4.69) is 32.0 Å². The summed E-state index contributed by atoms with van der Waals surface area (Å²) in [6, 6.07) is 18.3. The molecule has 6 heteroatoms. The number of nitro groups is 1. The summed E-state index contributed by atoms with van der Waals surface area (Å²) in [6.45, 7) is 0. The summed E-state index contributed by atoms with van der Waals surface area (Å²) >= 11 is 3.37. The first-order valence-corrected chi connectivity index (χ1v) is 7.92. The average Bonchev–Trinajstić information content (AvgIpc) is 2.61. The fraction of sp³-hybridized carbons (Fsp3) is 0. The lowest BCUT2D eigenvalue weighted by Crippen LogP contribution is -1.87. The number of para-hydroxylation sites is 1.